The molecule has 1 N–H and O–H groups in total. The van der Waals surface area contributed by atoms with Gasteiger partial charge in [-0.2, -0.15) is 13.2 Å². The van der Waals surface area contributed by atoms with Crippen LogP contribution in [0, 0.1) is 6.92 Å². The first-order valence-corrected chi connectivity index (χ1v) is 7.69. The average molecular weight is 361 g/mol. The minimum atomic E-state index is -4.91. The first-order valence-electron chi connectivity index (χ1n) is 7.69. The number of amides is 1. The number of rotatable bonds is 3. The van der Waals surface area contributed by atoms with Crippen LogP contribution in [0.25, 0.3) is 11.0 Å². The molecule has 0 aliphatic rings. The summed E-state index contributed by atoms with van der Waals surface area (Å²) in [7, 11) is 0. The molecule has 0 aliphatic heterocycles. The van der Waals surface area contributed by atoms with Crippen LogP contribution in [0.1, 0.15) is 11.3 Å². The second kappa shape index (κ2) is 6.62. The normalized spacial score (nSPS) is 11.5. The van der Waals surface area contributed by atoms with Gasteiger partial charge >= 0.3 is 6.18 Å². The number of benzene rings is 2. The summed E-state index contributed by atoms with van der Waals surface area (Å²) in [4.78, 5) is 28.0. The molecule has 0 atom stereocenters. The van der Waals surface area contributed by atoms with Crippen LogP contribution in [0.4, 0.5) is 18.9 Å². The molecule has 0 saturated heterocycles. The minimum Gasteiger partial charge on any atom is -0.324 e. The zero-order valence-electron chi connectivity index (χ0n) is 13.7. The number of alkyl halides is 3. The summed E-state index contributed by atoms with van der Waals surface area (Å²) >= 11 is 0. The molecule has 3 rings (SSSR count). The van der Waals surface area contributed by atoms with E-state index in [4.69, 9.17) is 0 Å². The Morgan fingerprint density at radius 1 is 1.12 bits per heavy atom. The van der Waals surface area contributed by atoms with E-state index >= 15 is 0 Å². The number of carbonyl (C=O) groups excluding carboxylic acids is 1. The largest absolute Gasteiger partial charge is 0.438 e. The molecule has 8 heteroatoms. The van der Waals surface area contributed by atoms with Gasteiger partial charge in [-0.25, -0.2) is 4.98 Å². The van der Waals surface area contributed by atoms with E-state index < -0.39 is 29.9 Å². The van der Waals surface area contributed by atoms with Gasteiger partial charge in [0.1, 0.15) is 6.54 Å². The van der Waals surface area contributed by atoms with E-state index in [2.05, 4.69) is 10.3 Å². The number of hydrogen-bond donors (Lipinski definition) is 1. The highest BCUT2D eigenvalue weighted by atomic mass is 19.4. The van der Waals surface area contributed by atoms with E-state index in [-0.39, 0.29) is 11.0 Å². The Bertz CT molecular complexity index is 1040. The Hall–Kier alpha value is -3.16. The van der Waals surface area contributed by atoms with E-state index in [0.717, 1.165) is 10.1 Å². The highest BCUT2D eigenvalue weighted by molar-refractivity contribution is 5.92. The van der Waals surface area contributed by atoms with Crippen molar-refractivity contribution in [3.63, 3.8) is 0 Å². The summed E-state index contributed by atoms with van der Waals surface area (Å²) in [5, 5.41) is 2.61. The first kappa shape index (κ1) is 17.7. The minimum absolute atomic E-state index is 0.0110. The number of carbonyl (C=O) groups is 1. The van der Waals surface area contributed by atoms with Gasteiger partial charge in [0.2, 0.25) is 11.6 Å². The van der Waals surface area contributed by atoms with Gasteiger partial charge in [0, 0.05) is 5.69 Å². The fourth-order valence-electron chi connectivity index (χ4n) is 2.58. The van der Waals surface area contributed by atoms with E-state index in [9.17, 15) is 22.8 Å². The Morgan fingerprint density at radius 2 is 1.77 bits per heavy atom. The van der Waals surface area contributed by atoms with Gasteiger partial charge in [0.05, 0.1) is 11.0 Å². The summed E-state index contributed by atoms with van der Waals surface area (Å²) in [5.74, 6) is -0.606. The van der Waals surface area contributed by atoms with Gasteiger partial charge in [-0.1, -0.05) is 30.3 Å². The number of aryl methyl sites for hydroxylation is 1. The molecule has 26 heavy (non-hydrogen) atoms. The van der Waals surface area contributed by atoms with Crippen molar-refractivity contribution in [2.24, 2.45) is 0 Å². The number of aromatic nitrogens is 2. The van der Waals surface area contributed by atoms with Crippen LogP contribution in [0.2, 0.25) is 0 Å². The van der Waals surface area contributed by atoms with E-state index in [1.54, 1.807) is 37.3 Å². The molecule has 0 radical (unpaired) electrons. The van der Waals surface area contributed by atoms with E-state index in [0.29, 0.717) is 5.69 Å². The lowest BCUT2D eigenvalue weighted by Crippen LogP contribution is -2.34. The molecule has 1 aromatic heterocycles. The fraction of sp³-hybridized carbons (Fsp3) is 0.167. The van der Waals surface area contributed by atoms with Crippen molar-refractivity contribution in [3.8, 4) is 0 Å². The summed E-state index contributed by atoms with van der Waals surface area (Å²) in [6.07, 6.45) is -4.91. The quantitative estimate of drug-likeness (QED) is 0.778. The summed E-state index contributed by atoms with van der Waals surface area (Å²) in [6, 6.07) is 12.8. The van der Waals surface area contributed by atoms with Crippen LogP contribution < -0.4 is 10.9 Å². The van der Waals surface area contributed by atoms with Crippen LogP contribution in [-0.4, -0.2) is 15.5 Å². The molecule has 0 bridgehead atoms. The maximum absolute atomic E-state index is 13.1. The van der Waals surface area contributed by atoms with Gasteiger partial charge in [0.25, 0.3) is 5.56 Å². The summed E-state index contributed by atoms with van der Waals surface area (Å²) in [5.41, 5.74) is -1.42. The van der Waals surface area contributed by atoms with Crippen LogP contribution in [0.15, 0.2) is 53.3 Å². The third-order valence-corrected chi connectivity index (χ3v) is 3.84. The van der Waals surface area contributed by atoms with Crippen molar-refractivity contribution in [2.75, 3.05) is 5.32 Å². The highest BCUT2D eigenvalue weighted by Crippen LogP contribution is 2.26. The van der Waals surface area contributed by atoms with Gasteiger partial charge < -0.3 is 5.32 Å². The Labute approximate surface area is 146 Å². The molecule has 0 saturated carbocycles. The number of anilines is 1. The number of nitrogens with one attached hydrogen (secondary N) is 1. The molecule has 3 aromatic rings. The lowest BCUT2D eigenvalue weighted by Gasteiger charge is -2.14. The highest BCUT2D eigenvalue weighted by Gasteiger charge is 2.37. The maximum Gasteiger partial charge on any atom is 0.438 e. The SMILES string of the molecule is Cc1ccccc1NC(=O)Cn1c(=O)c(C(F)(F)F)nc2ccccc21. The van der Waals surface area contributed by atoms with Gasteiger partial charge in [0.15, 0.2) is 0 Å². The number of halogens is 3. The zero-order valence-corrected chi connectivity index (χ0v) is 13.7. The predicted octanol–water partition coefficient (Wildman–Crippen LogP) is 3.36. The van der Waals surface area contributed by atoms with Crippen molar-refractivity contribution >= 4 is 22.6 Å². The third kappa shape index (κ3) is 3.44. The smallest absolute Gasteiger partial charge is 0.324 e. The van der Waals surface area contributed by atoms with Crippen LogP contribution in [0.5, 0.6) is 0 Å². The van der Waals surface area contributed by atoms with Crippen LogP contribution in [-0.2, 0) is 17.5 Å². The molecule has 0 aliphatic carbocycles. The van der Waals surface area contributed by atoms with Crippen molar-refractivity contribution in [3.05, 3.63) is 70.1 Å². The van der Waals surface area contributed by atoms with E-state index in [1.165, 1.54) is 18.2 Å². The Morgan fingerprint density at radius 3 is 2.46 bits per heavy atom. The molecular weight excluding hydrogens is 347 g/mol. The van der Waals surface area contributed by atoms with Gasteiger partial charge in [-0.05, 0) is 30.7 Å². The average Bonchev–Trinajstić information content (AvgIpc) is 2.58. The van der Waals surface area contributed by atoms with E-state index in [1.807, 2.05) is 0 Å². The molecule has 0 fully saturated rings. The zero-order chi connectivity index (χ0) is 18.9. The molecule has 2 aromatic carbocycles. The third-order valence-electron chi connectivity index (χ3n) is 3.84. The first-order chi connectivity index (χ1) is 12.3. The number of para-hydroxylation sites is 3. The molecule has 0 unspecified atom stereocenters. The fourth-order valence-corrected chi connectivity index (χ4v) is 2.58. The van der Waals surface area contributed by atoms with Crippen molar-refractivity contribution in [1.82, 2.24) is 9.55 Å². The second-order valence-corrected chi connectivity index (χ2v) is 5.70. The van der Waals surface area contributed by atoms with Crippen molar-refractivity contribution < 1.29 is 18.0 Å². The van der Waals surface area contributed by atoms with Gasteiger partial charge in [-0.3, -0.25) is 14.2 Å². The molecule has 1 amide bonds. The molecular formula is C18H14F3N3O2. The number of hydrogen-bond acceptors (Lipinski definition) is 3. The van der Waals surface area contributed by atoms with Crippen molar-refractivity contribution in [1.29, 1.82) is 0 Å². The lowest BCUT2D eigenvalue weighted by atomic mass is 10.2. The standard InChI is InChI=1S/C18H14F3N3O2/c1-11-6-2-3-7-12(11)22-15(25)10-24-14-9-5-4-8-13(14)23-16(17(24)26)18(19,20)21/h2-9H,10H2,1H3,(H,22,25). The second-order valence-electron chi connectivity index (χ2n) is 5.70. The topological polar surface area (TPSA) is 64.0 Å². The maximum atomic E-state index is 13.1. The molecule has 0 spiro atoms. The monoisotopic (exact) mass is 361 g/mol. The van der Waals surface area contributed by atoms with Gasteiger partial charge in [-0.15, -0.1) is 0 Å². The summed E-state index contributed by atoms with van der Waals surface area (Å²) < 4.78 is 40.1. The molecule has 1 heterocycles. The Balaban J connectivity index is 2.04. The lowest BCUT2D eigenvalue weighted by molar-refractivity contribution is -0.142. The van der Waals surface area contributed by atoms with Crippen molar-refractivity contribution in [2.45, 2.75) is 19.6 Å². The summed E-state index contributed by atoms with van der Waals surface area (Å²) in [6.45, 7) is 1.23. The Kier molecular flexibility index (Phi) is 4.50. The van der Waals surface area contributed by atoms with Crippen LogP contribution in [0.3, 0.4) is 0 Å². The van der Waals surface area contributed by atoms with Crippen LogP contribution >= 0.6 is 0 Å². The molecule has 134 valence electrons. The predicted molar refractivity (Wildman–Crippen MR) is 90.8 cm³/mol. The number of nitrogens with zero attached hydrogens (tertiary/aromatic N) is 2. The number of fused-ring (bicyclic) bond motifs is 1. The molecule has 5 nitrogen and oxygen atoms in total.